The van der Waals surface area contributed by atoms with Gasteiger partial charge in [-0.25, -0.2) is 9.59 Å². The molecule has 174 valence electrons. The van der Waals surface area contributed by atoms with Crippen LogP contribution in [0.3, 0.4) is 0 Å². The van der Waals surface area contributed by atoms with Crippen molar-refractivity contribution in [3.05, 3.63) is 25.3 Å². The number of aliphatic hydroxyl groups is 2. The Morgan fingerprint density at radius 2 is 1.00 bits per heavy atom. The normalized spacial score (nSPS) is 15.1. The van der Waals surface area contributed by atoms with E-state index >= 15 is 0 Å². The maximum absolute atomic E-state index is 13.7. The smallest absolute Gasteiger partial charge is 0.378 e. The molecule has 0 amide bonds. The second-order valence-corrected chi connectivity index (χ2v) is 5.94. The van der Waals surface area contributed by atoms with Crippen LogP contribution >= 0.6 is 0 Å². The van der Waals surface area contributed by atoms with Crippen LogP contribution in [0.5, 0.6) is 0 Å². The Balaban J connectivity index is 5.38. The zero-order valence-corrected chi connectivity index (χ0v) is 15.1. The van der Waals surface area contributed by atoms with E-state index in [1.807, 2.05) is 0 Å². The van der Waals surface area contributed by atoms with Crippen molar-refractivity contribution >= 4 is 11.9 Å². The Hall–Kier alpha value is -2.22. The van der Waals surface area contributed by atoms with E-state index < -0.39 is 73.9 Å². The Bertz CT molecular complexity index is 583. The lowest BCUT2D eigenvalue weighted by atomic mass is 9.92. The van der Waals surface area contributed by atoms with Gasteiger partial charge in [0.15, 0.2) is 0 Å². The van der Waals surface area contributed by atoms with E-state index in [0.29, 0.717) is 12.2 Å². The van der Waals surface area contributed by atoms with Gasteiger partial charge >= 0.3 is 35.6 Å². The molecule has 30 heavy (non-hydrogen) atoms. The van der Waals surface area contributed by atoms with Gasteiger partial charge in [0.2, 0.25) is 0 Å². The highest BCUT2D eigenvalue weighted by Gasteiger charge is 2.80. The topological polar surface area (TPSA) is 93.1 Å². The van der Waals surface area contributed by atoms with Crippen LogP contribution < -0.4 is 0 Å². The molecule has 0 rings (SSSR count). The van der Waals surface area contributed by atoms with E-state index in [0.717, 1.165) is 0 Å². The number of hydrogen-bond acceptors (Lipinski definition) is 6. The molecule has 0 spiro atoms. The van der Waals surface area contributed by atoms with E-state index in [-0.39, 0.29) is 0 Å². The molecule has 2 atom stereocenters. The SMILES string of the molecule is C=CC(=O)OCC(O)CC(F)(F)C(F)(F)C(F)(F)C(F)(F)CC(O)COC(=O)C=C. The summed E-state index contributed by atoms with van der Waals surface area (Å²) >= 11 is 0. The molecule has 0 heterocycles. The monoisotopic (exact) mass is 458 g/mol. The van der Waals surface area contributed by atoms with Gasteiger partial charge in [0.25, 0.3) is 0 Å². The molecule has 0 saturated heterocycles. The molecule has 6 nitrogen and oxygen atoms in total. The van der Waals surface area contributed by atoms with E-state index in [1.165, 1.54) is 0 Å². The van der Waals surface area contributed by atoms with E-state index in [9.17, 15) is 54.9 Å². The molecule has 0 aliphatic heterocycles. The van der Waals surface area contributed by atoms with Crippen molar-refractivity contribution in [2.45, 2.75) is 48.7 Å². The zero-order valence-electron chi connectivity index (χ0n) is 15.1. The molecule has 14 heteroatoms. The second kappa shape index (κ2) is 10.2. The van der Waals surface area contributed by atoms with Crippen LogP contribution in [0.2, 0.25) is 0 Å². The van der Waals surface area contributed by atoms with Crippen LogP contribution in [0.4, 0.5) is 35.1 Å². The fourth-order valence-electron chi connectivity index (χ4n) is 1.90. The maximum Gasteiger partial charge on any atom is 0.378 e. The summed E-state index contributed by atoms with van der Waals surface area (Å²) in [5, 5.41) is 18.4. The van der Waals surface area contributed by atoms with Crippen molar-refractivity contribution in [2.75, 3.05) is 13.2 Å². The first-order valence-electron chi connectivity index (χ1n) is 7.91. The van der Waals surface area contributed by atoms with Gasteiger partial charge in [-0.05, 0) is 0 Å². The summed E-state index contributed by atoms with van der Waals surface area (Å²) in [4.78, 5) is 21.4. The molecule has 0 aliphatic carbocycles. The third-order valence-electron chi connectivity index (χ3n) is 3.47. The molecule has 0 aromatic heterocycles. The Labute approximate surface area is 164 Å². The lowest BCUT2D eigenvalue weighted by molar-refractivity contribution is -0.372. The third-order valence-corrected chi connectivity index (χ3v) is 3.47. The summed E-state index contributed by atoms with van der Waals surface area (Å²) in [5.74, 6) is -27.7. The van der Waals surface area contributed by atoms with Gasteiger partial charge in [0.1, 0.15) is 13.2 Å². The fraction of sp³-hybridized carbons (Fsp3) is 0.625. The summed E-state index contributed by atoms with van der Waals surface area (Å²) in [7, 11) is 0. The highest BCUT2D eigenvalue weighted by molar-refractivity contribution is 5.81. The van der Waals surface area contributed by atoms with E-state index in [1.54, 1.807) is 0 Å². The molecular formula is C16H18F8O6. The van der Waals surface area contributed by atoms with Gasteiger partial charge in [0.05, 0.1) is 12.2 Å². The van der Waals surface area contributed by atoms with Crippen molar-refractivity contribution in [2.24, 2.45) is 0 Å². The van der Waals surface area contributed by atoms with Gasteiger partial charge < -0.3 is 19.7 Å². The van der Waals surface area contributed by atoms with E-state index in [4.69, 9.17) is 0 Å². The number of aliphatic hydroxyl groups excluding tert-OH is 2. The third kappa shape index (κ3) is 6.65. The maximum atomic E-state index is 13.7. The molecule has 0 saturated carbocycles. The minimum atomic E-state index is -6.70. The minimum absolute atomic E-state index is 0.520. The van der Waals surface area contributed by atoms with Crippen LogP contribution in [0, 0.1) is 0 Å². The van der Waals surface area contributed by atoms with Crippen molar-refractivity contribution in [3.63, 3.8) is 0 Å². The molecule has 2 unspecified atom stereocenters. The van der Waals surface area contributed by atoms with Gasteiger partial charge in [-0.3, -0.25) is 0 Å². The van der Waals surface area contributed by atoms with Crippen molar-refractivity contribution in [3.8, 4) is 0 Å². The predicted octanol–water partition coefficient (Wildman–Crippen LogP) is 2.49. The molecular weight excluding hydrogens is 440 g/mol. The largest absolute Gasteiger partial charge is 0.460 e. The van der Waals surface area contributed by atoms with Gasteiger partial charge in [-0.1, -0.05) is 13.2 Å². The van der Waals surface area contributed by atoms with Gasteiger partial charge in [-0.15, -0.1) is 0 Å². The Morgan fingerprint density at radius 1 is 0.733 bits per heavy atom. The first-order chi connectivity index (χ1) is 13.4. The van der Waals surface area contributed by atoms with Gasteiger partial charge in [-0.2, -0.15) is 35.1 Å². The summed E-state index contributed by atoms with van der Waals surface area (Å²) in [5.41, 5.74) is 0. The number of esters is 2. The van der Waals surface area contributed by atoms with Crippen LogP contribution in [-0.2, 0) is 19.1 Å². The molecule has 2 N–H and O–H groups in total. The Kier molecular flexibility index (Phi) is 9.44. The summed E-state index contributed by atoms with van der Waals surface area (Å²) in [6.07, 6.45) is -9.10. The first kappa shape index (κ1) is 27.8. The van der Waals surface area contributed by atoms with E-state index in [2.05, 4.69) is 22.6 Å². The molecule has 0 aromatic rings. The highest BCUT2D eigenvalue weighted by Crippen LogP contribution is 2.55. The van der Waals surface area contributed by atoms with Gasteiger partial charge in [0, 0.05) is 25.0 Å². The summed E-state index contributed by atoms with van der Waals surface area (Å²) in [6, 6.07) is 0. The standard InChI is InChI=1S/C16H18F8O6/c1-3-11(27)29-7-9(25)5-13(17,18)15(21,22)16(23,24)14(19,20)6-10(26)8-30-12(28)4-2/h3-4,9-10,25-26H,1-2,5-8H2. The zero-order chi connectivity index (χ0) is 24.0. The molecule has 0 bridgehead atoms. The predicted molar refractivity (Wildman–Crippen MR) is 83.3 cm³/mol. The Morgan fingerprint density at radius 3 is 1.23 bits per heavy atom. The summed E-state index contributed by atoms with van der Waals surface area (Å²) in [6.45, 7) is 3.15. The molecule has 0 aliphatic rings. The van der Waals surface area contributed by atoms with Crippen LogP contribution in [0.15, 0.2) is 25.3 Å². The first-order valence-corrected chi connectivity index (χ1v) is 7.91. The molecule has 0 radical (unpaired) electrons. The van der Waals surface area contributed by atoms with Crippen molar-refractivity contribution < 1.29 is 64.4 Å². The average Bonchev–Trinajstić information content (AvgIpc) is 2.62. The lowest BCUT2D eigenvalue weighted by Crippen LogP contribution is -2.63. The van der Waals surface area contributed by atoms with Crippen LogP contribution in [0.1, 0.15) is 12.8 Å². The number of halogens is 8. The minimum Gasteiger partial charge on any atom is -0.460 e. The second-order valence-electron chi connectivity index (χ2n) is 5.94. The fourth-order valence-corrected chi connectivity index (χ4v) is 1.90. The number of carbonyl (C=O) groups excluding carboxylic acids is 2. The number of alkyl halides is 8. The van der Waals surface area contributed by atoms with Crippen molar-refractivity contribution in [1.82, 2.24) is 0 Å². The molecule has 0 fully saturated rings. The highest BCUT2D eigenvalue weighted by atomic mass is 19.4. The molecule has 0 aromatic carbocycles. The number of carbonyl (C=O) groups is 2. The number of rotatable bonds is 13. The average molecular weight is 458 g/mol. The summed E-state index contributed by atoms with van der Waals surface area (Å²) < 4.78 is 118. The lowest BCUT2D eigenvalue weighted by Gasteiger charge is -2.37. The quantitative estimate of drug-likeness (QED) is 0.250. The number of ether oxygens (including phenoxy) is 2. The van der Waals surface area contributed by atoms with Crippen LogP contribution in [-0.4, -0.2) is 71.3 Å². The number of hydrogen-bond donors (Lipinski definition) is 2. The van der Waals surface area contributed by atoms with Crippen molar-refractivity contribution in [1.29, 1.82) is 0 Å². The van der Waals surface area contributed by atoms with Crippen LogP contribution in [0.25, 0.3) is 0 Å².